The van der Waals surface area contributed by atoms with Gasteiger partial charge in [-0.25, -0.2) is 4.98 Å². The molecule has 0 N–H and O–H groups in total. The Hall–Kier alpha value is -2.66. The Labute approximate surface area is 140 Å². The van der Waals surface area contributed by atoms with Crippen LogP contribution in [0.25, 0.3) is 28.2 Å². The maximum atomic E-state index is 13.1. The Morgan fingerprint density at radius 1 is 0.957 bits per heavy atom. The fourth-order valence-electron chi connectivity index (χ4n) is 2.56. The van der Waals surface area contributed by atoms with E-state index < -0.39 is 0 Å². The predicted octanol–water partition coefficient (Wildman–Crippen LogP) is 4.41. The smallest absolute Gasteiger partial charge is 0.266 e. The highest BCUT2D eigenvalue weighted by Crippen LogP contribution is 2.26. The zero-order valence-electron chi connectivity index (χ0n) is 11.9. The lowest BCUT2D eigenvalue weighted by molar-refractivity contribution is 0.574. The number of halogens is 1. The van der Waals surface area contributed by atoms with Crippen molar-refractivity contribution < 1.29 is 4.42 Å². The fraction of sp³-hybridized carbons (Fsp3) is 0. The summed E-state index contributed by atoms with van der Waals surface area (Å²) in [6.07, 6.45) is 1.57. The molecule has 2 heterocycles. The van der Waals surface area contributed by atoms with E-state index in [0.29, 0.717) is 22.5 Å². The van der Waals surface area contributed by atoms with Gasteiger partial charge in [-0.05, 0) is 52.3 Å². The van der Waals surface area contributed by atoms with Gasteiger partial charge in [-0.2, -0.15) is 0 Å². The summed E-state index contributed by atoms with van der Waals surface area (Å²) in [5.41, 5.74) is 1.24. The second kappa shape index (κ2) is 5.52. The number of nitrogens with zero attached hydrogens (tertiary/aromatic N) is 2. The molecule has 4 nitrogen and oxygen atoms in total. The van der Waals surface area contributed by atoms with Crippen molar-refractivity contribution in [3.63, 3.8) is 0 Å². The number of rotatable bonds is 2. The average molecular weight is 367 g/mol. The van der Waals surface area contributed by atoms with Crippen LogP contribution in [0.1, 0.15) is 0 Å². The molecule has 2 aromatic carbocycles. The molecule has 0 atom stereocenters. The predicted molar refractivity (Wildman–Crippen MR) is 92.7 cm³/mol. The highest BCUT2D eigenvalue weighted by molar-refractivity contribution is 9.10. The minimum Gasteiger partial charge on any atom is -0.461 e. The highest BCUT2D eigenvalue weighted by Gasteiger charge is 2.17. The van der Waals surface area contributed by atoms with Crippen molar-refractivity contribution in [1.29, 1.82) is 0 Å². The number of furan rings is 1. The number of hydrogen-bond acceptors (Lipinski definition) is 3. The lowest BCUT2D eigenvalue weighted by atomic mass is 10.2. The number of para-hydroxylation sites is 2. The van der Waals surface area contributed by atoms with Crippen molar-refractivity contribution in [1.82, 2.24) is 9.55 Å². The van der Waals surface area contributed by atoms with Gasteiger partial charge in [-0.3, -0.25) is 9.36 Å². The molecule has 0 aliphatic heterocycles. The molecule has 0 radical (unpaired) electrons. The van der Waals surface area contributed by atoms with Gasteiger partial charge in [0.05, 0.1) is 22.9 Å². The highest BCUT2D eigenvalue weighted by atomic mass is 79.9. The van der Waals surface area contributed by atoms with Gasteiger partial charge in [0.1, 0.15) is 0 Å². The fourth-order valence-corrected chi connectivity index (χ4v) is 3.02. The third-order valence-electron chi connectivity index (χ3n) is 3.61. The molecule has 23 heavy (non-hydrogen) atoms. The third-order valence-corrected chi connectivity index (χ3v) is 4.28. The Balaban J connectivity index is 2.17. The van der Waals surface area contributed by atoms with Crippen LogP contribution in [0.4, 0.5) is 0 Å². The zero-order valence-corrected chi connectivity index (χ0v) is 13.5. The molecule has 0 amide bonds. The molecule has 0 saturated heterocycles. The van der Waals surface area contributed by atoms with Gasteiger partial charge in [0.15, 0.2) is 11.6 Å². The van der Waals surface area contributed by atoms with Gasteiger partial charge >= 0.3 is 0 Å². The maximum Gasteiger partial charge on any atom is 0.266 e. The zero-order chi connectivity index (χ0) is 15.8. The van der Waals surface area contributed by atoms with Crippen molar-refractivity contribution >= 4 is 26.8 Å². The van der Waals surface area contributed by atoms with E-state index in [2.05, 4.69) is 20.9 Å². The molecule has 112 valence electrons. The molecule has 4 aromatic rings. The molecule has 4 rings (SSSR count). The standard InChI is InChI=1S/C18H11BrN2O2/c19-13-7-2-4-9-15(13)21-17(16-10-5-11-23-16)20-14-8-3-1-6-12(14)18(21)22/h1-11H. The SMILES string of the molecule is O=c1c2ccccc2nc(-c2ccco2)n1-c1ccccc1Br. The second-order valence-corrected chi connectivity index (χ2v) is 5.88. The maximum absolute atomic E-state index is 13.1. The summed E-state index contributed by atoms with van der Waals surface area (Å²) >= 11 is 3.51. The van der Waals surface area contributed by atoms with Crippen LogP contribution < -0.4 is 5.56 Å². The average Bonchev–Trinajstić information content (AvgIpc) is 3.10. The molecule has 2 aromatic heterocycles. The van der Waals surface area contributed by atoms with Crippen LogP contribution in [0.2, 0.25) is 0 Å². The number of hydrogen-bond donors (Lipinski definition) is 0. The summed E-state index contributed by atoms with van der Waals surface area (Å²) in [7, 11) is 0. The third kappa shape index (κ3) is 2.29. The van der Waals surface area contributed by atoms with E-state index in [0.717, 1.165) is 10.2 Å². The number of fused-ring (bicyclic) bond motifs is 1. The van der Waals surface area contributed by atoms with Crippen molar-refractivity contribution in [3.8, 4) is 17.3 Å². The van der Waals surface area contributed by atoms with Gasteiger partial charge in [0.25, 0.3) is 5.56 Å². The van der Waals surface area contributed by atoms with E-state index in [4.69, 9.17) is 4.42 Å². The largest absolute Gasteiger partial charge is 0.461 e. The first-order chi connectivity index (χ1) is 11.3. The Kier molecular flexibility index (Phi) is 3.35. The lowest BCUT2D eigenvalue weighted by Crippen LogP contribution is -2.22. The minimum absolute atomic E-state index is 0.131. The van der Waals surface area contributed by atoms with Gasteiger partial charge in [-0.15, -0.1) is 0 Å². The van der Waals surface area contributed by atoms with Crippen LogP contribution in [-0.2, 0) is 0 Å². The quantitative estimate of drug-likeness (QED) is 0.527. The minimum atomic E-state index is -0.131. The summed E-state index contributed by atoms with van der Waals surface area (Å²) < 4.78 is 7.87. The summed E-state index contributed by atoms with van der Waals surface area (Å²) in [4.78, 5) is 17.7. The van der Waals surface area contributed by atoms with Crippen LogP contribution in [-0.4, -0.2) is 9.55 Å². The van der Waals surface area contributed by atoms with Gasteiger partial charge in [0, 0.05) is 4.47 Å². The molecule has 0 aliphatic carbocycles. The summed E-state index contributed by atoms with van der Waals surface area (Å²) in [6.45, 7) is 0. The van der Waals surface area contributed by atoms with Crippen LogP contribution in [0.5, 0.6) is 0 Å². The first-order valence-electron chi connectivity index (χ1n) is 7.06. The Bertz CT molecular complexity index is 1050. The first kappa shape index (κ1) is 14.0. The number of benzene rings is 2. The van der Waals surface area contributed by atoms with Crippen LogP contribution in [0, 0.1) is 0 Å². The molecule has 0 unspecified atom stereocenters. The Morgan fingerprint density at radius 2 is 1.74 bits per heavy atom. The molecule has 0 aliphatic rings. The lowest BCUT2D eigenvalue weighted by Gasteiger charge is -2.13. The van der Waals surface area contributed by atoms with Gasteiger partial charge in [0.2, 0.25) is 0 Å². The van der Waals surface area contributed by atoms with E-state index in [1.54, 1.807) is 29.0 Å². The van der Waals surface area contributed by atoms with Gasteiger partial charge < -0.3 is 4.42 Å². The van der Waals surface area contributed by atoms with E-state index in [1.165, 1.54) is 0 Å². The summed E-state index contributed by atoms with van der Waals surface area (Å²) in [5.74, 6) is 1.02. The second-order valence-electron chi connectivity index (χ2n) is 5.02. The topological polar surface area (TPSA) is 48.0 Å². The van der Waals surface area contributed by atoms with Crippen molar-refractivity contribution in [2.24, 2.45) is 0 Å². The molecular weight excluding hydrogens is 356 g/mol. The first-order valence-corrected chi connectivity index (χ1v) is 7.85. The molecular formula is C18H11BrN2O2. The van der Waals surface area contributed by atoms with E-state index in [-0.39, 0.29) is 5.56 Å². The van der Waals surface area contributed by atoms with Crippen molar-refractivity contribution in [2.75, 3.05) is 0 Å². The van der Waals surface area contributed by atoms with Crippen molar-refractivity contribution in [2.45, 2.75) is 0 Å². The van der Waals surface area contributed by atoms with Gasteiger partial charge in [-0.1, -0.05) is 24.3 Å². The molecule has 0 saturated carbocycles. The normalized spacial score (nSPS) is 11.0. The molecule has 0 bridgehead atoms. The summed E-state index contributed by atoms with van der Waals surface area (Å²) in [6, 6.07) is 18.4. The van der Waals surface area contributed by atoms with E-state index >= 15 is 0 Å². The number of aromatic nitrogens is 2. The van der Waals surface area contributed by atoms with E-state index in [9.17, 15) is 4.79 Å². The van der Waals surface area contributed by atoms with Crippen molar-refractivity contribution in [3.05, 3.63) is 81.8 Å². The molecule has 5 heteroatoms. The van der Waals surface area contributed by atoms with Crippen LogP contribution in [0.15, 0.2) is 80.6 Å². The van der Waals surface area contributed by atoms with E-state index in [1.807, 2.05) is 42.5 Å². The van der Waals surface area contributed by atoms with Crippen LogP contribution >= 0.6 is 15.9 Å². The monoisotopic (exact) mass is 366 g/mol. The summed E-state index contributed by atoms with van der Waals surface area (Å²) in [5, 5.41) is 0.568. The Morgan fingerprint density at radius 3 is 2.52 bits per heavy atom. The molecule has 0 spiro atoms. The molecule has 0 fully saturated rings. The van der Waals surface area contributed by atoms with Crippen LogP contribution in [0.3, 0.4) is 0 Å².